The van der Waals surface area contributed by atoms with Crippen molar-refractivity contribution in [1.29, 1.82) is 0 Å². The number of hydrogen-bond acceptors (Lipinski definition) is 18. The summed E-state index contributed by atoms with van der Waals surface area (Å²) in [6.45, 7) is 1.34. The van der Waals surface area contributed by atoms with Crippen molar-refractivity contribution >= 4 is 39.2 Å². The van der Waals surface area contributed by atoms with Crippen LogP contribution in [0.4, 0.5) is 5.82 Å². The molecular formula is C52H81N3O18P2. The van der Waals surface area contributed by atoms with Gasteiger partial charge >= 0.3 is 33.3 Å². The van der Waals surface area contributed by atoms with E-state index in [1.165, 1.54) is 37.5 Å². The molecule has 2 bridgehead atoms. The van der Waals surface area contributed by atoms with Crippen molar-refractivity contribution in [2.45, 2.75) is 179 Å². The number of hydrogen-bond donors (Lipinski definition) is 7. The first kappa shape index (κ1) is 65.1. The van der Waals surface area contributed by atoms with Crippen LogP contribution in [-0.2, 0) is 51.1 Å². The van der Waals surface area contributed by atoms with Gasteiger partial charge in [-0.25, -0.2) is 13.9 Å². The summed E-state index contributed by atoms with van der Waals surface area (Å²) < 4.78 is 58.8. The number of ether oxygens (including phenoxy) is 3. The topological polar surface area (TPSA) is 323 Å². The van der Waals surface area contributed by atoms with Gasteiger partial charge in [0.1, 0.15) is 36.6 Å². The fourth-order valence-electron chi connectivity index (χ4n) is 7.94. The van der Waals surface area contributed by atoms with Crippen LogP contribution in [0.2, 0.25) is 0 Å². The van der Waals surface area contributed by atoms with E-state index in [-0.39, 0.29) is 37.9 Å². The van der Waals surface area contributed by atoms with Crippen molar-refractivity contribution in [3.05, 3.63) is 95.7 Å². The molecule has 1 aromatic rings. The normalized spacial score (nSPS) is 29.5. The number of Topliss-reactive ketones (excluding diaryl/α,β-unsaturated/α-hetero) is 1. The van der Waals surface area contributed by atoms with Gasteiger partial charge in [0, 0.05) is 31.4 Å². The standard InChI is InChI=1S/C52H81N3O18P2/c1-3-5-7-8-9-10-11-12-13-14-15-16-17-18-19-20-26-30-48(60)71-40-36-68-47(59)29-25-22-21-24-28-42-44(58)35-43(57)41(32-31-39(56)27-23-6-4-2)49(61)50(62)45(38-70-75(66,67)73-74(64,65)69-37-40)72-51(42)55-34-33-46(53)54-52(55)63/h9-10,12-13,15-16,18-19,21,24,31-34,39-43,45,49-51,56-57,61-62H,3-8,11,14,17,20,22-23,25-30,35-38H2,1-2H3,(H,64,65)(H,66,67)(H2,53,54,63)/b10-9-,13-12-,16-15-,19-18-,24-21-,32-31+/t39-,40+,41-,42-,43+,45+,49-,50+,51+/m0/s1. The first-order valence-electron chi connectivity index (χ1n) is 26.1. The first-order chi connectivity index (χ1) is 35.9. The number of nitrogens with zero attached hydrogens (tertiary/aromatic N) is 2. The molecule has 1 fully saturated rings. The number of aliphatic hydroxyl groups is 4. The summed E-state index contributed by atoms with van der Waals surface area (Å²) in [6.07, 6.45) is 21.6. The average Bonchev–Trinajstić information content (AvgIpc) is 3.35. The SMILES string of the molecule is CCCCC/C=C\C/C=C\C/C=C\C/C=C\CCCC(=O)O[C@@H]1COC(=O)CCC/C=C\C[C@H]2C(=O)C[C@@H](O)[C@H](/C=C/[C@@H](O)CCCCC)[C@H](O)[C@H](O)[C@@H](COP(=O)(O)OP(=O)(O)OC1)O[C@H]2n1ccc(N)nc1=O. The summed E-state index contributed by atoms with van der Waals surface area (Å²) in [5.74, 6) is -5.25. The average molecular weight is 1100 g/mol. The first-order valence-corrected chi connectivity index (χ1v) is 29.0. The summed E-state index contributed by atoms with van der Waals surface area (Å²) in [6, 6.07) is 1.21. The highest BCUT2D eigenvalue weighted by Gasteiger charge is 2.45. The number of phosphoric acid groups is 2. The fourth-order valence-corrected chi connectivity index (χ4v) is 10.0. The second-order valence-corrected chi connectivity index (χ2v) is 21.5. The minimum Gasteiger partial charge on any atom is -0.462 e. The highest BCUT2D eigenvalue weighted by molar-refractivity contribution is 7.61. The van der Waals surface area contributed by atoms with Crippen LogP contribution >= 0.6 is 15.6 Å². The number of ketones is 1. The Labute approximate surface area is 440 Å². The lowest BCUT2D eigenvalue weighted by atomic mass is 9.83. The number of allylic oxidation sites excluding steroid dienone is 10. The zero-order chi connectivity index (χ0) is 55.1. The number of rotatable bonds is 22. The molecule has 11 atom stereocenters. The van der Waals surface area contributed by atoms with E-state index in [0.717, 1.165) is 42.9 Å². The van der Waals surface area contributed by atoms with Crippen molar-refractivity contribution in [3.8, 4) is 0 Å². The quantitative estimate of drug-likeness (QED) is 0.0256. The maximum Gasteiger partial charge on any atom is 0.481 e. The molecule has 3 heterocycles. The lowest BCUT2D eigenvalue weighted by molar-refractivity contribution is -0.183. The molecule has 422 valence electrons. The van der Waals surface area contributed by atoms with Crippen molar-refractivity contribution in [3.63, 3.8) is 0 Å². The Kier molecular flexibility index (Phi) is 31.2. The van der Waals surface area contributed by atoms with Crippen LogP contribution in [0.25, 0.3) is 0 Å². The predicted molar refractivity (Wildman–Crippen MR) is 280 cm³/mol. The van der Waals surface area contributed by atoms with Gasteiger partial charge in [-0.2, -0.15) is 9.29 Å². The Bertz CT molecular complexity index is 2210. The minimum absolute atomic E-state index is 0.0840. The Balaban J connectivity index is 1.80. The number of aromatic nitrogens is 2. The van der Waals surface area contributed by atoms with E-state index in [1.807, 2.05) is 25.2 Å². The number of nitrogen functional groups attached to an aromatic ring is 1. The maximum absolute atomic E-state index is 14.3. The summed E-state index contributed by atoms with van der Waals surface area (Å²) in [5.41, 5.74) is 4.71. The van der Waals surface area contributed by atoms with Gasteiger partial charge in [0.25, 0.3) is 0 Å². The molecule has 23 heteroatoms. The van der Waals surface area contributed by atoms with Gasteiger partial charge in [0.15, 0.2) is 6.10 Å². The van der Waals surface area contributed by atoms with Gasteiger partial charge in [0.05, 0.1) is 37.4 Å². The zero-order valence-electron chi connectivity index (χ0n) is 43.3. The predicted octanol–water partition coefficient (Wildman–Crippen LogP) is 7.48. The Hall–Kier alpha value is -4.21. The highest BCUT2D eigenvalue weighted by atomic mass is 31.3. The lowest BCUT2D eigenvalue weighted by Gasteiger charge is -2.38. The number of aliphatic hydroxyl groups excluding tert-OH is 4. The van der Waals surface area contributed by atoms with Crippen LogP contribution in [0.15, 0.2) is 90.0 Å². The maximum atomic E-state index is 14.3. The Morgan fingerprint density at radius 1 is 0.853 bits per heavy atom. The molecule has 8 N–H and O–H groups in total. The van der Waals surface area contributed by atoms with Crippen LogP contribution in [-0.4, -0.2) is 114 Å². The molecule has 0 aliphatic carbocycles. The van der Waals surface area contributed by atoms with Crippen molar-refractivity contribution in [2.24, 2.45) is 11.8 Å². The Morgan fingerprint density at radius 2 is 1.48 bits per heavy atom. The van der Waals surface area contributed by atoms with Crippen molar-refractivity contribution < 1.29 is 81.3 Å². The van der Waals surface area contributed by atoms with Crippen LogP contribution < -0.4 is 11.4 Å². The summed E-state index contributed by atoms with van der Waals surface area (Å²) in [4.78, 5) is 78.4. The summed E-state index contributed by atoms with van der Waals surface area (Å²) in [7, 11) is -11.4. The number of esters is 2. The van der Waals surface area contributed by atoms with E-state index in [4.69, 9.17) is 29.0 Å². The molecule has 0 aromatic carbocycles. The van der Waals surface area contributed by atoms with Crippen LogP contribution in [0, 0.1) is 11.8 Å². The second kappa shape index (κ2) is 36.0. The van der Waals surface area contributed by atoms with E-state index in [9.17, 15) is 58.5 Å². The van der Waals surface area contributed by atoms with E-state index >= 15 is 0 Å². The molecule has 0 amide bonds. The second-order valence-electron chi connectivity index (χ2n) is 18.4. The van der Waals surface area contributed by atoms with E-state index in [1.54, 1.807) is 12.2 Å². The zero-order valence-corrected chi connectivity index (χ0v) is 45.1. The smallest absolute Gasteiger partial charge is 0.462 e. The molecule has 0 spiro atoms. The van der Waals surface area contributed by atoms with E-state index < -0.39 is 120 Å². The van der Waals surface area contributed by atoms with Crippen molar-refractivity contribution in [1.82, 2.24) is 9.55 Å². The molecule has 0 radical (unpaired) electrons. The molecular weight excluding hydrogens is 1020 g/mol. The molecule has 3 rings (SSSR count). The number of anilines is 1. The summed E-state index contributed by atoms with van der Waals surface area (Å²) in [5, 5.41) is 45.5. The van der Waals surface area contributed by atoms with E-state index in [2.05, 4.69) is 46.6 Å². The van der Waals surface area contributed by atoms with E-state index in [0.29, 0.717) is 32.1 Å². The number of fused-ring (bicyclic) bond motifs is 3. The van der Waals surface area contributed by atoms with Gasteiger partial charge in [-0.15, -0.1) is 0 Å². The fraction of sp³-hybridized carbons (Fsp3) is 0.635. The molecule has 0 saturated carbocycles. The number of carbonyl (C=O) groups is 3. The monoisotopic (exact) mass is 1100 g/mol. The number of cyclic esters (lactones) is 1. The molecule has 1 aromatic heterocycles. The molecule has 2 unspecified atom stereocenters. The Morgan fingerprint density at radius 3 is 2.13 bits per heavy atom. The van der Waals surface area contributed by atoms with Gasteiger partial charge in [-0.3, -0.25) is 28.0 Å². The number of carbonyl (C=O) groups excluding carboxylic acids is 3. The van der Waals surface area contributed by atoms with Gasteiger partial charge < -0.3 is 50.2 Å². The minimum atomic E-state index is -5.74. The molecule has 75 heavy (non-hydrogen) atoms. The highest BCUT2D eigenvalue weighted by Crippen LogP contribution is 2.60. The van der Waals surface area contributed by atoms with Gasteiger partial charge in [-0.05, 0) is 76.7 Å². The third kappa shape index (κ3) is 26.6. The lowest BCUT2D eigenvalue weighted by Crippen LogP contribution is -2.51. The third-order valence-corrected chi connectivity index (χ3v) is 14.7. The third-order valence-electron chi connectivity index (χ3n) is 12.1. The number of unbranched alkanes of at least 4 members (excludes halogenated alkanes) is 6. The molecule has 21 nitrogen and oxygen atoms in total. The largest absolute Gasteiger partial charge is 0.481 e. The van der Waals surface area contributed by atoms with Crippen LogP contribution in [0.5, 0.6) is 0 Å². The van der Waals surface area contributed by atoms with Crippen LogP contribution in [0.1, 0.15) is 142 Å². The summed E-state index contributed by atoms with van der Waals surface area (Å²) >= 11 is 0. The van der Waals surface area contributed by atoms with Crippen molar-refractivity contribution in [2.75, 3.05) is 25.6 Å². The molecule has 2 aliphatic heterocycles. The molecule has 1 saturated heterocycles. The van der Waals surface area contributed by atoms with Gasteiger partial charge in [-0.1, -0.05) is 119 Å². The van der Waals surface area contributed by atoms with Crippen LogP contribution in [0.3, 0.4) is 0 Å². The number of nitrogens with two attached hydrogens (primary N) is 1. The van der Waals surface area contributed by atoms with Gasteiger partial charge in [0.2, 0.25) is 0 Å². The molecule has 2 aliphatic rings. The number of phosphoric ester groups is 2.